The van der Waals surface area contributed by atoms with Crippen molar-refractivity contribution in [2.75, 3.05) is 20.1 Å². The third-order valence-electron chi connectivity index (χ3n) is 4.23. The average Bonchev–Trinajstić information content (AvgIpc) is 2.80. The number of likely N-dealkylation sites (tertiary alicyclic amines) is 1. The Morgan fingerprint density at radius 3 is 2.90 bits per heavy atom. The van der Waals surface area contributed by atoms with Crippen molar-refractivity contribution >= 4 is 16.8 Å². The summed E-state index contributed by atoms with van der Waals surface area (Å²) in [6, 6.07) is 5.77. The average molecular weight is 271 g/mol. The van der Waals surface area contributed by atoms with Crippen LogP contribution in [0.3, 0.4) is 0 Å². The van der Waals surface area contributed by atoms with Crippen LogP contribution in [0.5, 0.6) is 0 Å². The van der Waals surface area contributed by atoms with Gasteiger partial charge in [-0.05, 0) is 64.0 Å². The van der Waals surface area contributed by atoms with Gasteiger partial charge in [0.25, 0.3) is 0 Å². The smallest absolute Gasteiger partial charge is 0.163 e. The number of aromatic amines is 1. The van der Waals surface area contributed by atoms with Gasteiger partial charge >= 0.3 is 0 Å². The van der Waals surface area contributed by atoms with Crippen LogP contribution in [0.4, 0.5) is 0 Å². The number of hydrogen-bond donors (Lipinski definition) is 1. The number of fused-ring (bicyclic) bond motifs is 1. The number of benzene rings is 1. The van der Waals surface area contributed by atoms with Crippen molar-refractivity contribution in [3.05, 3.63) is 29.6 Å². The molecule has 0 saturated carbocycles. The van der Waals surface area contributed by atoms with Gasteiger partial charge in [0.1, 0.15) is 5.82 Å². The quantitative estimate of drug-likeness (QED) is 0.873. The van der Waals surface area contributed by atoms with Crippen LogP contribution in [0.2, 0.25) is 0 Å². The lowest BCUT2D eigenvalue weighted by molar-refractivity contribution is 0.0936. The molecule has 0 radical (unpaired) electrons. The lowest BCUT2D eigenvalue weighted by atomic mass is 9.90. The maximum absolute atomic E-state index is 12.4. The number of carbonyl (C=O) groups is 1. The van der Waals surface area contributed by atoms with Crippen molar-refractivity contribution in [1.29, 1.82) is 0 Å². The minimum absolute atomic E-state index is 0.258. The summed E-state index contributed by atoms with van der Waals surface area (Å²) in [5.74, 6) is 1.69. The first-order valence-corrected chi connectivity index (χ1v) is 7.30. The number of rotatable bonds is 3. The van der Waals surface area contributed by atoms with Crippen LogP contribution in [0.25, 0.3) is 11.0 Å². The van der Waals surface area contributed by atoms with Crippen LogP contribution in [0.15, 0.2) is 18.2 Å². The van der Waals surface area contributed by atoms with Gasteiger partial charge in [-0.15, -0.1) is 0 Å². The highest BCUT2D eigenvalue weighted by Gasteiger charge is 2.20. The van der Waals surface area contributed by atoms with Gasteiger partial charge in [-0.2, -0.15) is 0 Å². The van der Waals surface area contributed by atoms with Gasteiger partial charge in [-0.25, -0.2) is 4.98 Å². The molecule has 1 aliphatic rings. The predicted octanol–water partition coefficient (Wildman–Crippen LogP) is 2.79. The van der Waals surface area contributed by atoms with Crippen molar-refractivity contribution in [2.45, 2.75) is 26.2 Å². The predicted molar refractivity (Wildman–Crippen MR) is 80.0 cm³/mol. The zero-order valence-electron chi connectivity index (χ0n) is 12.1. The Bertz CT molecular complexity index is 624. The summed E-state index contributed by atoms with van der Waals surface area (Å²) in [7, 11) is 2.15. The molecule has 0 unspecified atom stereocenters. The Hall–Kier alpha value is -1.68. The molecule has 3 rings (SSSR count). The Morgan fingerprint density at radius 2 is 2.15 bits per heavy atom. The first-order chi connectivity index (χ1) is 9.61. The number of ketones is 1. The van der Waals surface area contributed by atoms with E-state index >= 15 is 0 Å². The highest BCUT2D eigenvalue weighted by molar-refractivity contribution is 5.99. The zero-order valence-corrected chi connectivity index (χ0v) is 12.1. The van der Waals surface area contributed by atoms with Crippen molar-refractivity contribution in [3.63, 3.8) is 0 Å². The van der Waals surface area contributed by atoms with Crippen molar-refractivity contribution in [2.24, 2.45) is 5.92 Å². The molecular formula is C16H21N3O. The highest BCUT2D eigenvalue weighted by atomic mass is 16.1. The molecule has 1 aromatic heterocycles. The van der Waals surface area contributed by atoms with Crippen LogP contribution in [-0.4, -0.2) is 40.8 Å². The summed E-state index contributed by atoms with van der Waals surface area (Å²) in [5, 5.41) is 0. The van der Waals surface area contributed by atoms with Crippen molar-refractivity contribution < 1.29 is 4.79 Å². The van der Waals surface area contributed by atoms with E-state index in [9.17, 15) is 4.79 Å². The molecule has 4 nitrogen and oxygen atoms in total. The van der Waals surface area contributed by atoms with Crippen LogP contribution in [0, 0.1) is 12.8 Å². The molecular weight excluding hydrogens is 250 g/mol. The van der Waals surface area contributed by atoms with Crippen LogP contribution in [0.1, 0.15) is 35.4 Å². The Kier molecular flexibility index (Phi) is 3.57. The molecule has 0 amide bonds. The molecule has 0 aliphatic carbocycles. The van der Waals surface area contributed by atoms with E-state index in [-0.39, 0.29) is 5.78 Å². The number of hydrogen-bond acceptors (Lipinski definition) is 3. The monoisotopic (exact) mass is 271 g/mol. The van der Waals surface area contributed by atoms with E-state index in [2.05, 4.69) is 21.9 Å². The molecule has 1 aromatic carbocycles. The van der Waals surface area contributed by atoms with Crippen LogP contribution < -0.4 is 0 Å². The normalized spacial score (nSPS) is 17.7. The summed E-state index contributed by atoms with van der Waals surface area (Å²) in [4.78, 5) is 22.3. The topological polar surface area (TPSA) is 49.0 Å². The summed E-state index contributed by atoms with van der Waals surface area (Å²) >= 11 is 0. The lowest BCUT2D eigenvalue weighted by Gasteiger charge is -2.28. The molecule has 2 heterocycles. The van der Waals surface area contributed by atoms with Gasteiger partial charge in [-0.3, -0.25) is 4.79 Å². The molecule has 0 spiro atoms. The van der Waals surface area contributed by atoms with Gasteiger partial charge in [-0.1, -0.05) is 0 Å². The number of aryl methyl sites for hydroxylation is 1. The Morgan fingerprint density at radius 1 is 1.40 bits per heavy atom. The Labute approximate surface area is 119 Å². The first-order valence-electron chi connectivity index (χ1n) is 7.30. The number of nitrogens with one attached hydrogen (secondary N) is 1. The molecule has 20 heavy (non-hydrogen) atoms. The fourth-order valence-electron chi connectivity index (χ4n) is 2.96. The third kappa shape index (κ3) is 2.75. The molecule has 2 aromatic rings. The van der Waals surface area contributed by atoms with Gasteiger partial charge in [0.2, 0.25) is 0 Å². The molecule has 106 valence electrons. The highest BCUT2D eigenvalue weighted by Crippen LogP contribution is 2.22. The fourth-order valence-corrected chi connectivity index (χ4v) is 2.96. The minimum Gasteiger partial charge on any atom is -0.342 e. The molecule has 1 N–H and O–H groups in total. The molecule has 4 heteroatoms. The summed E-state index contributed by atoms with van der Waals surface area (Å²) in [5.41, 5.74) is 2.69. The number of nitrogens with zero attached hydrogens (tertiary/aromatic N) is 2. The van der Waals surface area contributed by atoms with E-state index in [0.717, 1.165) is 48.4 Å². The van der Waals surface area contributed by atoms with E-state index in [1.165, 1.54) is 0 Å². The van der Waals surface area contributed by atoms with Gasteiger partial charge in [0.05, 0.1) is 11.0 Å². The number of H-pyrrole nitrogens is 1. The van der Waals surface area contributed by atoms with E-state index in [1.807, 2.05) is 25.1 Å². The second kappa shape index (κ2) is 5.37. The third-order valence-corrected chi connectivity index (χ3v) is 4.23. The SMILES string of the molecule is Cc1nc2ccc(C(=O)CC3CCN(C)CC3)cc2[nH]1. The van der Waals surface area contributed by atoms with E-state index < -0.39 is 0 Å². The van der Waals surface area contributed by atoms with Gasteiger partial charge in [0, 0.05) is 12.0 Å². The van der Waals surface area contributed by atoms with Crippen molar-refractivity contribution in [1.82, 2.24) is 14.9 Å². The second-order valence-corrected chi connectivity index (χ2v) is 5.93. The van der Waals surface area contributed by atoms with Crippen LogP contribution >= 0.6 is 0 Å². The van der Waals surface area contributed by atoms with E-state index in [1.54, 1.807) is 0 Å². The number of carbonyl (C=O) groups excluding carboxylic acids is 1. The number of Topliss-reactive ketones (excluding diaryl/α,β-unsaturated/α-hetero) is 1. The number of imidazole rings is 1. The number of piperidine rings is 1. The molecule has 1 fully saturated rings. The summed E-state index contributed by atoms with van der Waals surface area (Å²) in [6.45, 7) is 4.15. The minimum atomic E-state index is 0.258. The lowest BCUT2D eigenvalue weighted by Crippen LogP contribution is -2.31. The second-order valence-electron chi connectivity index (χ2n) is 5.93. The largest absolute Gasteiger partial charge is 0.342 e. The summed E-state index contributed by atoms with van der Waals surface area (Å²) in [6.07, 6.45) is 2.94. The molecule has 1 saturated heterocycles. The number of aromatic nitrogens is 2. The molecule has 0 atom stereocenters. The Balaban J connectivity index is 1.71. The van der Waals surface area contributed by atoms with Crippen LogP contribution in [-0.2, 0) is 0 Å². The maximum atomic E-state index is 12.4. The maximum Gasteiger partial charge on any atom is 0.163 e. The fraction of sp³-hybridized carbons (Fsp3) is 0.500. The van der Waals surface area contributed by atoms with Gasteiger partial charge in [0.15, 0.2) is 5.78 Å². The molecule has 0 bridgehead atoms. The summed E-state index contributed by atoms with van der Waals surface area (Å²) < 4.78 is 0. The van der Waals surface area contributed by atoms with E-state index in [4.69, 9.17) is 0 Å². The van der Waals surface area contributed by atoms with Gasteiger partial charge < -0.3 is 9.88 Å². The zero-order chi connectivity index (χ0) is 14.1. The standard InChI is InChI=1S/C16H21N3O/c1-11-17-14-4-3-13(10-15(14)18-11)16(20)9-12-5-7-19(2)8-6-12/h3-4,10,12H,5-9H2,1-2H3,(H,17,18). The molecule has 1 aliphatic heterocycles. The van der Waals surface area contributed by atoms with E-state index in [0.29, 0.717) is 12.3 Å². The van der Waals surface area contributed by atoms with Crippen molar-refractivity contribution in [3.8, 4) is 0 Å². The first kappa shape index (κ1) is 13.3.